The van der Waals surface area contributed by atoms with E-state index < -0.39 is 103 Å². The highest BCUT2D eigenvalue weighted by Crippen LogP contribution is 2.68. The van der Waals surface area contributed by atoms with Gasteiger partial charge in [-0.1, -0.05) is 240 Å². The van der Waals surface area contributed by atoms with Crippen molar-refractivity contribution < 1.29 is 0 Å². The van der Waals surface area contributed by atoms with Crippen LogP contribution in [0.3, 0.4) is 0 Å². The lowest BCUT2D eigenvalue weighted by Gasteiger charge is -2.67. The van der Waals surface area contributed by atoms with Crippen molar-refractivity contribution in [2.24, 2.45) is 0 Å². The molecule has 0 aliphatic rings. The molecule has 0 bridgehead atoms. The van der Waals surface area contributed by atoms with Crippen molar-refractivity contribution in [1.29, 1.82) is 0 Å². The van der Waals surface area contributed by atoms with Gasteiger partial charge < -0.3 is 0 Å². The summed E-state index contributed by atoms with van der Waals surface area (Å²) < 4.78 is 2.09. The molecule has 0 aliphatic heterocycles. The zero-order valence-electron chi connectivity index (χ0n) is 43.2. The summed E-state index contributed by atoms with van der Waals surface area (Å²) in [6, 6.07) is 0. The van der Waals surface area contributed by atoms with Gasteiger partial charge in [0.05, 0.1) is 0 Å². The second kappa shape index (κ2) is 23.3. The molecule has 0 N–H and O–H groups in total. The number of hydrogen-bond donors (Lipinski definition) is 0. The maximum Gasteiger partial charge on any atom is 0.0480 e. The molecule has 0 heterocycles. The first-order valence-corrected chi connectivity index (χ1v) is 55.2. The fourth-order valence-electron chi connectivity index (χ4n) is 15.8. The standard InChI is InChI=1S/C43H103Si12/c1-28-31-34-37(41(44(4)5,45(6)7)46(8)9)53(22,23)40(54(24,25)38(35-32-29-2)42(47(10)11,48(12)13)49(14)15)55(26,27)39(36-33-30-3)43(50(16)17,51(18)19)52(20)21/h37-40H,28-36H2,1-27H3. The van der Waals surface area contributed by atoms with Crippen molar-refractivity contribution in [2.45, 2.75) is 270 Å². The zero-order chi connectivity index (χ0) is 43.9. The molecule has 0 rings (SSSR count). The minimum Gasteiger partial charge on any atom is -0.0713 e. The first-order chi connectivity index (χ1) is 24.9. The fraction of sp³-hybridized carbons (Fsp3) is 1.00. The first-order valence-electron chi connectivity index (χ1n) is 23.2. The molecule has 9 radical (unpaired) electrons. The van der Waals surface area contributed by atoms with E-state index in [0.717, 1.165) is 21.4 Å². The minimum absolute atomic E-state index is 0.482. The Morgan fingerprint density at radius 2 is 0.455 bits per heavy atom. The van der Waals surface area contributed by atoms with Crippen molar-refractivity contribution >= 4 is 103 Å². The van der Waals surface area contributed by atoms with Crippen LogP contribution in [0.4, 0.5) is 0 Å². The molecule has 3 unspecified atom stereocenters. The van der Waals surface area contributed by atoms with E-state index in [9.17, 15) is 0 Å². The Morgan fingerprint density at radius 3 is 0.564 bits per heavy atom. The lowest BCUT2D eigenvalue weighted by molar-refractivity contribution is 0.615. The predicted octanol–water partition coefficient (Wildman–Crippen LogP) is 16.5. The van der Waals surface area contributed by atoms with Crippen LogP contribution < -0.4 is 0 Å². The number of hydrogen-bond acceptors (Lipinski definition) is 0. The predicted molar refractivity (Wildman–Crippen MR) is 291 cm³/mol. The fourth-order valence-corrected chi connectivity index (χ4v) is 111. The van der Waals surface area contributed by atoms with Crippen LogP contribution in [0, 0.1) is 0 Å². The first kappa shape index (κ1) is 57.6. The Labute approximate surface area is 370 Å². The average Bonchev–Trinajstić information content (AvgIpc) is 3.00. The van der Waals surface area contributed by atoms with Crippen LogP contribution in [0.15, 0.2) is 0 Å². The molecule has 0 aromatic rings. The molecule has 0 aliphatic carbocycles. The topological polar surface area (TPSA) is 0 Å². The normalized spacial score (nSPS) is 17.0. The number of rotatable bonds is 27. The van der Waals surface area contributed by atoms with Gasteiger partial charge in [0, 0.05) is 103 Å². The monoisotopic (exact) mass is 956 g/mol. The molecular formula is C43H103Si12. The van der Waals surface area contributed by atoms with Gasteiger partial charge in [-0.25, -0.2) is 0 Å². The van der Waals surface area contributed by atoms with E-state index in [0.29, 0.717) is 12.9 Å². The van der Waals surface area contributed by atoms with Crippen molar-refractivity contribution in [3.63, 3.8) is 0 Å². The average molecular weight is 957 g/mol. The van der Waals surface area contributed by atoms with Gasteiger partial charge in [0.15, 0.2) is 0 Å². The Balaban J connectivity index is 9.41. The third-order valence-electron chi connectivity index (χ3n) is 16.1. The summed E-state index contributed by atoms with van der Waals surface area (Å²) in [6.07, 6.45) is 13.3. The van der Waals surface area contributed by atoms with Gasteiger partial charge in [-0.3, -0.25) is 0 Å². The van der Waals surface area contributed by atoms with Gasteiger partial charge in [0.1, 0.15) is 0 Å². The number of unbranched alkanes of at least 4 members (excludes halogenated alkanes) is 3. The van der Waals surface area contributed by atoms with Gasteiger partial charge in [-0.05, 0) is 29.5 Å². The van der Waals surface area contributed by atoms with Crippen LogP contribution in [0.1, 0.15) is 78.6 Å². The Bertz CT molecular complexity index is 881. The van der Waals surface area contributed by atoms with Crippen LogP contribution in [0.2, 0.25) is 191 Å². The smallest absolute Gasteiger partial charge is 0.0480 e. The van der Waals surface area contributed by atoms with Gasteiger partial charge in [0.2, 0.25) is 0 Å². The van der Waals surface area contributed by atoms with Crippen molar-refractivity contribution in [3.05, 3.63) is 0 Å². The summed E-state index contributed by atoms with van der Waals surface area (Å²) in [5.41, 5.74) is 3.06. The van der Waals surface area contributed by atoms with Crippen LogP contribution in [0.5, 0.6) is 0 Å². The van der Waals surface area contributed by atoms with E-state index in [1.807, 2.05) is 0 Å². The SMILES string of the molecule is CCCCC(C([Si](C)C)([Si](C)C)[Si](C)C)[Si](C)(C)C([Si](C)(C)C(CCCC)C([Si](C)C)([Si](C)C)[Si](C)C)[Si](C)(C)C(CCCC)C([Si](C)C)([Si](C)C)[Si](C)C. The molecule has 0 spiro atoms. The Morgan fingerprint density at radius 1 is 0.309 bits per heavy atom. The highest BCUT2D eigenvalue weighted by molar-refractivity contribution is 7.18. The molecule has 323 valence electrons. The lowest BCUT2D eigenvalue weighted by Crippen LogP contribution is -2.71. The largest absolute Gasteiger partial charge is 0.0713 e. The minimum atomic E-state index is -1.90. The van der Waals surface area contributed by atoms with E-state index >= 15 is 0 Å². The molecule has 12 heteroatoms. The lowest BCUT2D eigenvalue weighted by atomic mass is 10.2. The van der Waals surface area contributed by atoms with E-state index in [1.54, 1.807) is 19.3 Å². The summed E-state index contributed by atoms with van der Waals surface area (Å²) in [6.45, 7) is 77.5. The quantitative estimate of drug-likeness (QED) is 0.0720. The van der Waals surface area contributed by atoms with E-state index in [1.165, 1.54) is 38.5 Å². The molecule has 0 amide bonds. The third kappa shape index (κ3) is 11.2. The van der Waals surface area contributed by atoms with Gasteiger partial charge in [-0.2, -0.15) is 0 Å². The molecule has 0 saturated carbocycles. The molecular weight excluding hydrogens is 854 g/mol. The van der Waals surface area contributed by atoms with Gasteiger partial charge >= 0.3 is 0 Å². The van der Waals surface area contributed by atoms with Crippen LogP contribution >= 0.6 is 0 Å². The highest BCUT2D eigenvalue weighted by atomic mass is 28.5. The van der Waals surface area contributed by atoms with Crippen molar-refractivity contribution in [2.75, 3.05) is 0 Å². The molecule has 0 saturated heterocycles. The summed E-state index contributed by atoms with van der Waals surface area (Å²) in [4.78, 5) is 1.09. The van der Waals surface area contributed by atoms with E-state index in [-0.39, 0.29) is 0 Å². The van der Waals surface area contributed by atoms with E-state index in [2.05, 4.69) is 178 Å². The third-order valence-corrected chi connectivity index (χ3v) is 88.5. The Hall–Kier alpha value is 2.60. The molecule has 0 aromatic heterocycles. The van der Waals surface area contributed by atoms with Crippen molar-refractivity contribution in [3.8, 4) is 0 Å². The maximum absolute atomic E-state index is 3.17. The zero-order valence-corrected chi connectivity index (χ0v) is 55.2. The van der Waals surface area contributed by atoms with Crippen LogP contribution in [-0.4, -0.2) is 103 Å². The summed E-state index contributed by atoms with van der Waals surface area (Å²) in [5.74, 6) is 0. The molecule has 0 aromatic carbocycles. The van der Waals surface area contributed by atoms with Crippen LogP contribution in [0.25, 0.3) is 0 Å². The molecule has 0 nitrogen and oxygen atoms in total. The second-order valence-corrected chi connectivity index (χ2v) is 68.5. The maximum atomic E-state index is 3.17. The van der Waals surface area contributed by atoms with Gasteiger partial charge in [0.25, 0.3) is 0 Å². The summed E-state index contributed by atoms with van der Waals surface area (Å²) >= 11 is 0. The highest BCUT2D eigenvalue weighted by Gasteiger charge is 2.68. The van der Waals surface area contributed by atoms with Crippen molar-refractivity contribution in [1.82, 2.24) is 0 Å². The van der Waals surface area contributed by atoms with Crippen LogP contribution in [-0.2, 0) is 0 Å². The summed E-state index contributed by atoms with van der Waals surface area (Å²) in [7, 11) is -10.0. The Kier molecular flexibility index (Phi) is 24.4. The molecule has 3 atom stereocenters. The molecule has 55 heavy (non-hydrogen) atoms. The second-order valence-electron chi connectivity index (χ2n) is 22.4. The molecule has 0 fully saturated rings. The summed E-state index contributed by atoms with van der Waals surface area (Å²) in [5, 5.41) is 0. The van der Waals surface area contributed by atoms with Gasteiger partial charge in [-0.15, -0.1) is 0 Å². The van der Waals surface area contributed by atoms with E-state index in [4.69, 9.17) is 0 Å².